The Bertz CT molecular complexity index is 539. The molecule has 17 heavy (non-hydrogen) atoms. The van der Waals surface area contributed by atoms with Crippen molar-refractivity contribution in [2.75, 3.05) is 0 Å². The monoisotopic (exact) mass is 249 g/mol. The van der Waals surface area contributed by atoms with Gasteiger partial charge in [0, 0.05) is 5.56 Å². The van der Waals surface area contributed by atoms with Crippen molar-refractivity contribution >= 4 is 17.2 Å². The van der Waals surface area contributed by atoms with Crippen LogP contribution in [0.5, 0.6) is 5.75 Å². The molecule has 2 aromatic rings. The maximum Gasteiger partial charge on any atom is 0.212 e. The first kappa shape index (κ1) is 11.5. The van der Waals surface area contributed by atoms with Crippen molar-refractivity contribution in [2.45, 2.75) is 6.61 Å². The van der Waals surface area contributed by atoms with Crippen LogP contribution in [0.15, 0.2) is 24.3 Å². The Kier molecular flexibility index (Phi) is 3.29. The van der Waals surface area contributed by atoms with Crippen LogP contribution in [0.1, 0.15) is 11.4 Å². The molecule has 0 fully saturated rings. The topological polar surface area (TPSA) is 78.8 Å². The summed E-state index contributed by atoms with van der Waals surface area (Å²) in [7, 11) is 1.70. The highest BCUT2D eigenvalue weighted by molar-refractivity contribution is 7.80. The van der Waals surface area contributed by atoms with Gasteiger partial charge in [-0.05, 0) is 17.3 Å². The van der Waals surface area contributed by atoms with Crippen LogP contribution in [0.25, 0.3) is 0 Å². The van der Waals surface area contributed by atoms with E-state index in [9.17, 15) is 0 Å². The Morgan fingerprint density at radius 1 is 1.53 bits per heavy atom. The van der Waals surface area contributed by atoms with Gasteiger partial charge in [0.2, 0.25) is 5.82 Å². The molecule has 0 aliphatic rings. The Balaban J connectivity index is 2.04. The lowest BCUT2D eigenvalue weighted by atomic mass is 10.2. The Morgan fingerprint density at radius 3 is 3.00 bits per heavy atom. The van der Waals surface area contributed by atoms with Gasteiger partial charge in [-0.15, -0.1) is 10.2 Å². The number of aryl methyl sites for hydroxylation is 1. The maximum atomic E-state index is 5.53. The second-order valence-corrected chi connectivity index (χ2v) is 3.82. The Labute approximate surface area is 103 Å². The summed E-state index contributed by atoms with van der Waals surface area (Å²) in [5.74, 6) is 1.19. The molecule has 0 aliphatic carbocycles. The van der Waals surface area contributed by atoms with Gasteiger partial charge in [0.15, 0.2) is 6.61 Å². The van der Waals surface area contributed by atoms with Crippen molar-refractivity contribution < 1.29 is 4.74 Å². The van der Waals surface area contributed by atoms with Gasteiger partial charge in [0.05, 0.1) is 7.05 Å². The molecule has 0 spiro atoms. The Hall–Kier alpha value is -2.02. The zero-order chi connectivity index (χ0) is 12.3. The molecule has 0 aliphatic heterocycles. The molecule has 2 N–H and O–H groups in total. The summed E-state index contributed by atoms with van der Waals surface area (Å²) in [4.78, 5) is 1.72. The third-order valence-corrected chi connectivity index (χ3v) is 2.27. The van der Waals surface area contributed by atoms with E-state index in [-0.39, 0.29) is 6.61 Å². The predicted molar refractivity (Wildman–Crippen MR) is 65.5 cm³/mol. The van der Waals surface area contributed by atoms with Crippen molar-refractivity contribution in [3.8, 4) is 5.75 Å². The minimum Gasteiger partial charge on any atom is -0.485 e. The number of aromatic nitrogens is 4. The first-order valence-corrected chi connectivity index (χ1v) is 5.31. The molecule has 0 radical (unpaired) electrons. The number of nitrogens with two attached hydrogens (primary N) is 1. The average Bonchev–Trinajstić information content (AvgIpc) is 2.73. The highest BCUT2D eigenvalue weighted by atomic mass is 32.1. The van der Waals surface area contributed by atoms with Gasteiger partial charge in [-0.3, -0.25) is 0 Å². The number of hydrogen-bond acceptors (Lipinski definition) is 5. The number of ether oxygens (including phenoxy) is 1. The second-order valence-electron chi connectivity index (χ2n) is 3.38. The van der Waals surface area contributed by atoms with Crippen LogP contribution in [0, 0.1) is 0 Å². The van der Waals surface area contributed by atoms with Crippen LogP contribution in [-0.4, -0.2) is 25.2 Å². The fourth-order valence-corrected chi connectivity index (χ4v) is 1.40. The number of thiocarbonyl (C=S) groups is 1. The van der Waals surface area contributed by atoms with E-state index in [4.69, 9.17) is 22.7 Å². The third kappa shape index (κ3) is 2.97. The van der Waals surface area contributed by atoms with E-state index >= 15 is 0 Å². The van der Waals surface area contributed by atoms with Crippen molar-refractivity contribution in [1.82, 2.24) is 20.2 Å². The van der Waals surface area contributed by atoms with Crippen LogP contribution in [-0.2, 0) is 13.7 Å². The van der Waals surface area contributed by atoms with E-state index < -0.39 is 0 Å². The van der Waals surface area contributed by atoms with Gasteiger partial charge < -0.3 is 10.5 Å². The molecule has 7 heteroatoms. The fourth-order valence-electron chi connectivity index (χ4n) is 1.27. The van der Waals surface area contributed by atoms with E-state index in [2.05, 4.69) is 15.4 Å². The summed E-state index contributed by atoms with van der Waals surface area (Å²) < 4.78 is 5.50. The minimum atomic E-state index is 0.259. The molecule has 88 valence electrons. The molecule has 1 aromatic carbocycles. The number of tetrazole rings is 1. The van der Waals surface area contributed by atoms with Gasteiger partial charge in [0.1, 0.15) is 10.7 Å². The quantitative estimate of drug-likeness (QED) is 0.791. The summed E-state index contributed by atoms with van der Waals surface area (Å²) in [6.45, 7) is 0.259. The molecule has 2 rings (SSSR count). The molecule has 0 amide bonds. The van der Waals surface area contributed by atoms with Crippen molar-refractivity contribution in [1.29, 1.82) is 0 Å². The number of rotatable bonds is 4. The molecule has 0 saturated heterocycles. The van der Waals surface area contributed by atoms with Crippen LogP contribution in [0.3, 0.4) is 0 Å². The SMILES string of the molecule is Cn1nnc(COc2cccc(C(N)=S)c2)n1. The van der Waals surface area contributed by atoms with E-state index in [1.807, 2.05) is 18.2 Å². The fraction of sp³-hybridized carbons (Fsp3) is 0.200. The summed E-state index contributed by atoms with van der Waals surface area (Å²) >= 11 is 4.89. The lowest BCUT2D eigenvalue weighted by Gasteiger charge is -2.04. The van der Waals surface area contributed by atoms with Crippen molar-refractivity contribution in [3.05, 3.63) is 35.7 Å². The van der Waals surface area contributed by atoms with Crippen LogP contribution in [0.4, 0.5) is 0 Å². The number of nitrogens with zero attached hydrogens (tertiary/aromatic N) is 4. The van der Waals surface area contributed by atoms with E-state index in [1.54, 1.807) is 13.1 Å². The van der Waals surface area contributed by atoms with E-state index in [0.29, 0.717) is 16.6 Å². The third-order valence-electron chi connectivity index (χ3n) is 2.04. The van der Waals surface area contributed by atoms with Crippen LogP contribution >= 0.6 is 12.2 Å². The summed E-state index contributed by atoms with van der Waals surface area (Å²) in [5.41, 5.74) is 6.30. The van der Waals surface area contributed by atoms with Gasteiger partial charge in [-0.25, -0.2) is 0 Å². The summed E-state index contributed by atoms with van der Waals surface area (Å²) in [6.07, 6.45) is 0. The molecular formula is C10H11N5OS. The number of hydrogen-bond donors (Lipinski definition) is 1. The second kappa shape index (κ2) is 4.88. The zero-order valence-corrected chi connectivity index (χ0v) is 10.0. The summed E-state index contributed by atoms with van der Waals surface area (Å²) in [5, 5.41) is 11.5. The highest BCUT2D eigenvalue weighted by Crippen LogP contribution is 2.14. The van der Waals surface area contributed by atoms with Crippen molar-refractivity contribution in [2.24, 2.45) is 12.8 Å². The van der Waals surface area contributed by atoms with E-state index in [0.717, 1.165) is 5.56 Å². The normalized spacial score (nSPS) is 10.2. The highest BCUT2D eigenvalue weighted by Gasteiger charge is 2.03. The average molecular weight is 249 g/mol. The predicted octanol–water partition coefficient (Wildman–Crippen LogP) is 0.423. The van der Waals surface area contributed by atoms with Crippen molar-refractivity contribution in [3.63, 3.8) is 0 Å². The van der Waals surface area contributed by atoms with Gasteiger partial charge >= 0.3 is 0 Å². The van der Waals surface area contributed by atoms with Gasteiger partial charge in [-0.1, -0.05) is 24.4 Å². The first-order chi connectivity index (χ1) is 8.15. The largest absolute Gasteiger partial charge is 0.485 e. The first-order valence-electron chi connectivity index (χ1n) is 4.90. The lowest BCUT2D eigenvalue weighted by Crippen LogP contribution is -2.09. The van der Waals surface area contributed by atoms with Crippen LogP contribution < -0.4 is 10.5 Å². The molecule has 1 aromatic heterocycles. The van der Waals surface area contributed by atoms with E-state index in [1.165, 1.54) is 4.80 Å². The maximum absolute atomic E-state index is 5.53. The molecule has 1 heterocycles. The zero-order valence-electron chi connectivity index (χ0n) is 9.20. The molecule has 6 nitrogen and oxygen atoms in total. The number of benzene rings is 1. The molecule has 0 atom stereocenters. The standard InChI is InChI=1S/C10H11N5OS/c1-15-13-9(12-14-15)6-16-8-4-2-3-7(5-8)10(11)17/h2-5H,6H2,1H3,(H2,11,17). The Morgan fingerprint density at radius 2 is 2.35 bits per heavy atom. The summed E-state index contributed by atoms with van der Waals surface area (Å²) in [6, 6.07) is 7.25. The smallest absolute Gasteiger partial charge is 0.212 e. The molecular weight excluding hydrogens is 238 g/mol. The minimum absolute atomic E-state index is 0.259. The molecule has 0 bridgehead atoms. The van der Waals surface area contributed by atoms with Gasteiger partial charge in [-0.2, -0.15) is 4.80 Å². The van der Waals surface area contributed by atoms with Gasteiger partial charge in [0.25, 0.3) is 0 Å². The lowest BCUT2D eigenvalue weighted by molar-refractivity contribution is 0.295. The molecule has 0 unspecified atom stereocenters. The molecule has 0 saturated carbocycles. The van der Waals surface area contributed by atoms with Crippen LogP contribution in [0.2, 0.25) is 0 Å².